The van der Waals surface area contributed by atoms with Crippen LogP contribution in [0.3, 0.4) is 0 Å². The van der Waals surface area contributed by atoms with E-state index < -0.39 is 0 Å². The van der Waals surface area contributed by atoms with Gasteiger partial charge in [-0.2, -0.15) is 0 Å². The van der Waals surface area contributed by atoms with Crippen molar-refractivity contribution in [1.29, 1.82) is 0 Å². The van der Waals surface area contributed by atoms with Gasteiger partial charge in [-0.25, -0.2) is 4.98 Å². The molecule has 1 N–H and O–H groups in total. The molecule has 2 aromatic heterocycles. The zero-order valence-electron chi connectivity index (χ0n) is 12.3. The lowest BCUT2D eigenvalue weighted by Gasteiger charge is -2.09. The van der Waals surface area contributed by atoms with Crippen LogP contribution < -0.4 is 5.32 Å². The summed E-state index contributed by atoms with van der Waals surface area (Å²) in [5.41, 5.74) is 3.43. The lowest BCUT2D eigenvalue weighted by atomic mass is 10.1. The predicted molar refractivity (Wildman–Crippen MR) is 83.0 cm³/mol. The summed E-state index contributed by atoms with van der Waals surface area (Å²) in [5.74, 6) is 0.477. The summed E-state index contributed by atoms with van der Waals surface area (Å²) in [6.07, 6.45) is 4.65. The Morgan fingerprint density at radius 3 is 2.55 bits per heavy atom. The van der Waals surface area contributed by atoms with Crippen LogP contribution in [0.2, 0.25) is 0 Å². The van der Waals surface area contributed by atoms with Gasteiger partial charge in [-0.15, -0.1) is 10.2 Å². The van der Waals surface area contributed by atoms with Crippen molar-refractivity contribution >= 4 is 11.6 Å². The second-order valence-corrected chi connectivity index (χ2v) is 5.05. The molecule has 110 valence electrons. The van der Waals surface area contributed by atoms with E-state index in [-0.39, 0.29) is 5.91 Å². The van der Waals surface area contributed by atoms with Gasteiger partial charge < -0.3 is 5.32 Å². The normalized spacial score (nSPS) is 10.5. The van der Waals surface area contributed by atoms with Gasteiger partial charge in [-0.05, 0) is 43.2 Å². The minimum absolute atomic E-state index is 0.184. The molecular formula is C16H15N5O. The molecule has 0 bridgehead atoms. The van der Waals surface area contributed by atoms with Crippen LogP contribution in [0.1, 0.15) is 21.5 Å². The molecule has 1 aromatic carbocycles. The number of pyridine rings is 1. The van der Waals surface area contributed by atoms with E-state index >= 15 is 0 Å². The van der Waals surface area contributed by atoms with Crippen LogP contribution in [0, 0.1) is 13.8 Å². The number of carbonyl (C=O) groups is 1. The zero-order chi connectivity index (χ0) is 15.5. The lowest BCUT2D eigenvalue weighted by molar-refractivity contribution is 0.102. The molecule has 22 heavy (non-hydrogen) atoms. The van der Waals surface area contributed by atoms with Crippen molar-refractivity contribution in [2.45, 2.75) is 13.8 Å². The number of aryl methyl sites for hydroxylation is 2. The number of rotatable bonds is 3. The van der Waals surface area contributed by atoms with Gasteiger partial charge in [0, 0.05) is 11.9 Å². The Hall–Kier alpha value is -3.02. The van der Waals surface area contributed by atoms with E-state index in [1.807, 2.05) is 32.0 Å². The third-order valence-corrected chi connectivity index (χ3v) is 3.33. The van der Waals surface area contributed by atoms with Crippen LogP contribution >= 0.6 is 0 Å². The molecule has 0 radical (unpaired) electrons. The third-order valence-electron chi connectivity index (χ3n) is 3.33. The van der Waals surface area contributed by atoms with Crippen molar-refractivity contribution in [1.82, 2.24) is 19.7 Å². The fraction of sp³-hybridized carbons (Fsp3) is 0.125. The highest BCUT2D eigenvalue weighted by Crippen LogP contribution is 2.17. The summed E-state index contributed by atoms with van der Waals surface area (Å²) in [5, 5.41) is 10.4. The van der Waals surface area contributed by atoms with Crippen LogP contribution in [0.15, 0.2) is 49.2 Å². The highest BCUT2D eigenvalue weighted by atomic mass is 16.1. The predicted octanol–water partition coefficient (Wildman–Crippen LogP) is 2.53. The van der Waals surface area contributed by atoms with E-state index in [0.29, 0.717) is 11.4 Å². The summed E-state index contributed by atoms with van der Waals surface area (Å²) in [6.45, 7) is 3.95. The van der Waals surface area contributed by atoms with Crippen LogP contribution in [-0.2, 0) is 0 Å². The number of aromatic nitrogens is 4. The standard InChI is InChI=1S/C16H15N5O/c1-11-3-4-12(2)14(7-11)20-16(22)13-5-6-15(17-8-13)21-9-18-19-10-21/h3-10H,1-2H3,(H,20,22). The summed E-state index contributed by atoms with van der Waals surface area (Å²) in [4.78, 5) is 16.5. The Kier molecular flexibility index (Phi) is 3.65. The van der Waals surface area contributed by atoms with Gasteiger partial charge in [0.25, 0.3) is 5.91 Å². The number of nitrogens with one attached hydrogen (secondary N) is 1. The maximum absolute atomic E-state index is 12.3. The highest BCUT2D eigenvalue weighted by molar-refractivity contribution is 6.04. The first-order valence-corrected chi connectivity index (χ1v) is 6.83. The average Bonchev–Trinajstić information content (AvgIpc) is 3.05. The fourth-order valence-corrected chi connectivity index (χ4v) is 2.06. The average molecular weight is 293 g/mol. The molecule has 0 unspecified atom stereocenters. The van der Waals surface area contributed by atoms with Crippen molar-refractivity contribution in [3.8, 4) is 5.82 Å². The molecule has 3 rings (SSSR count). The molecule has 2 heterocycles. The Labute approximate surface area is 127 Å². The quantitative estimate of drug-likeness (QED) is 0.805. The van der Waals surface area contributed by atoms with Gasteiger partial charge >= 0.3 is 0 Å². The first-order chi connectivity index (χ1) is 10.6. The molecular weight excluding hydrogens is 278 g/mol. The Bertz CT molecular complexity index is 794. The van der Waals surface area contributed by atoms with E-state index in [1.54, 1.807) is 29.4 Å². The fourth-order valence-electron chi connectivity index (χ4n) is 2.06. The number of carbonyl (C=O) groups excluding carboxylic acids is 1. The molecule has 0 saturated carbocycles. The Morgan fingerprint density at radius 1 is 1.09 bits per heavy atom. The van der Waals surface area contributed by atoms with Crippen molar-refractivity contribution < 1.29 is 4.79 Å². The molecule has 0 atom stereocenters. The molecule has 0 saturated heterocycles. The third kappa shape index (κ3) is 2.85. The van der Waals surface area contributed by atoms with E-state index in [0.717, 1.165) is 16.8 Å². The van der Waals surface area contributed by atoms with E-state index in [9.17, 15) is 4.79 Å². The molecule has 6 nitrogen and oxygen atoms in total. The zero-order valence-corrected chi connectivity index (χ0v) is 12.3. The summed E-state index contributed by atoms with van der Waals surface area (Å²) in [7, 11) is 0. The van der Waals surface area contributed by atoms with Gasteiger partial charge in [0.2, 0.25) is 0 Å². The molecule has 0 aliphatic rings. The van der Waals surface area contributed by atoms with E-state index in [2.05, 4.69) is 20.5 Å². The molecule has 6 heteroatoms. The highest BCUT2D eigenvalue weighted by Gasteiger charge is 2.09. The molecule has 1 amide bonds. The SMILES string of the molecule is Cc1ccc(C)c(NC(=O)c2ccc(-n3cnnc3)nc2)c1. The van der Waals surface area contributed by atoms with Crippen molar-refractivity contribution in [2.24, 2.45) is 0 Å². The molecule has 3 aromatic rings. The van der Waals surface area contributed by atoms with Gasteiger partial charge in [0.1, 0.15) is 18.5 Å². The van der Waals surface area contributed by atoms with Gasteiger partial charge in [-0.1, -0.05) is 12.1 Å². The lowest BCUT2D eigenvalue weighted by Crippen LogP contribution is -2.13. The number of nitrogens with zero attached hydrogens (tertiary/aromatic N) is 4. The minimum atomic E-state index is -0.184. The summed E-state index contributed by atoms with van der Waals surface area (Å²) < 4.78 is 1.67. The van der Waals surface area contributed by atoms with Crippen LogP contribution in [-0.4, -0.2) is 25.7 Å². The largest absolute Gasteiger partial charge is 0.322 e. The first kappa shape index (κ1) is 13.9. The monoisotopic (exact) mass is 293 g/mol. The number of anilines is 1. The van der Waals surface area contributed by atoms with Crippen molar-refractivity contribution in [3.63, 3.8) is 0 Å². The smallest absolute Gasteiger partial charge is 0.257 e. The second-order valence-electron chi connectivity index (χ2n) is 5.05. The van der Waals surface area contributed by atoms with Crippen LogP contribution in [0.5, 0.6) is 0 Å². The van der Waals surface area contributed by atoms with Crippen molar-refractivity contribution in [3.05, 3.63) is 65.9 Å². The summed E-state index contributed by atoms with van der Waals surface area (Å²) in [6, 6.07) is 9.43. The number of amides is 1. The molecule has 0 fully saturated rings. The summed E-state index contributed by atoms with van der Waals surface area (Å²) >= 11 is 0. The van der Waals surface area contributed by atoms with E-state index in [4.69, 9.17) is 0 Å². The maximum Gasteiger partial charge on any atom is 0.257 e. The molecule has 0 aliphatic carbocycles. The first-order valence-electron chi connectivity index (χ1n) is 6.83. The maximum atomic E-state index is 12.3. The Balaban J connectivity index is 1.79. The van der Waals surface area contributed by atoms with E-state index in [1.165, 1.54) is 6.20 Å². The number of hydrogen-bond donors (Lipinski definition) is 1. The van der Waals surface area contributed by atoms with Crippen LogP contribution in [0.4, 0.5) is 5.69 Å². The van der Waals surface area contributed by atoms with Crippen LogP contribution in [0.25, 0.3) is 5.82 Å². The Morgan fingerprint density at radius 2 is 1.86 bits per heavy atom. The topological polar surface area (TPSA) is 72.7 Å². The van der Waals surface area contributed by atoms with Gasteiger partial charge in [0.05, 0.1) is 5.56 Å². The van der Waals surface area contributed by atoms with Gasteiger partial charge in [0.15, 0.2) is 0 Å². The number of benzene rings is 1. The molecule has 0 spiro atoms. The van der Waals surface area contributed by atoms with Gasteiger partial charge in [-0.3, -0.25) is 9.36 Å². The van der Waals surface area contributed by atoms with Crippen molar-refractivity contribution in [2.75, 3.05) is 5.32 Å². The second kappa shape index (κ2) is 5.77. The number of hydrogen-bond acceptors (Lipinski definition) is 4. The minimum Gasteiger partial charge on any atom is -0.322 e. The molecule has 0 aliphatic heterocycles.